The molecular formula is C12H14N4. The maximum atomic E-state index is 4.58. The molecular weight excluding hydrogens is 200 g/mol. The fourth-order valence-corrected chi connectivity index (χ4v) is 2.18. The van der Waals surface area contributed by atoms with Crippen LogP contribution in [0.3, 0.4) is 0 Å². The Hall–Kier alpha value is -1.68. The number of aromatic nitrogens is 3. The lowest BCUT2D eigenvalue weighted by Crippen LogP contribution is -2.24. The Morgan fingerprint density at radius 3 is 3.12 bits per heavy atom. The van der Waals surface area contributed by atoms with Gasteiger partial charge in [0.05, 0.1) is 11.4 Å². The molecule has 0 fully saturated rings. The van der Waals surface area contributed by atoms with E-state index in [4.69, 9.17) is 0 Å². The van der Waals surface area contributed by atoms with Crippen molar-refractivity contribution in [2.75, 3.05) is 6.54 Å². The number of aryl methyl sites for hydroxylation is 1. The molecule has 2 aromatic rings. The number of hydrogen-bond acceptors (Lipinski definition) is 3. The van der Waals surface area contributed by atoms with Gasteiger partial charge >= 0.3 is 0 Å². The molecule has 0 saturated heterocycles. The summed E-state index contributed by atoms with van der Waals surface area (Å²) >= 11 is 0. The molecule has 0 amide bonds. The van der Waals surface area contributed by atoms with Crippen LogP contribution in [0.2, 0.25) is 0 Å². The highest BCUT2D eigenvalue weighted by atomic mass is 15.3. The zero-order valence-electron chi connectivity index (χ0n) is 9.27. The van der Waals surface area contributed by atoms with E-state index in [2.05, 4.69) is 22.3 Å². The molecule has 0 saturated carbocycles. The van der Waals surface area contributed by atoms with Gasteiger partial charge in [-0.25, -0.2) is 9.67 Å². The Kier molecular flexibility index (Phi) is 2.22. The highest BCUT2D eigenvalue weighted by Crippen LogP contribution is 2.20. The molecule has 0 unspecified atom stereocenters. The van der Waals surface area contributed by atoms with E-state index >= 15 is 0 Å². The molecule has 16 heavy (non-hydrogen) atoms. The van der Waals surface area contributed by atoms with E-state index in [1.165, 1.54) is 11.3 Å². The SMILES string of the molecule is Cc1nn(-c2ccccn2)c2c1CNCC2. The van der Waals surface area contributed by atoms with E-state index in [1.54, 1.807) is 6.20 Å². The number of nitrogens with one attached hydrogen (secondary N) is 1. The van der Waals surface area contributed by atoms with E-state index < -0.39 is 0 Å². The van der Waals surface area contributed by atoms with E-state index in [0.29, 0.717) is 0 Å². The normalized spacial score (nSPS) is 14.8. The highest BCUT2D eigenvalue weighted by Gasteiger charge is 2.19. The summed E-state index contributed by atoms with van der Waals surface area (Å²) < 4.78 is 1.98. The number of fused-ring (bicyclic) bond motifs is 1. The molecule has 82 valence electrons. The van der Waals surface area contributed by atoms with Crippen LogP contribution in [-0.2, 0) is 13.0 Å². The van der Waals surface area contributed by atoms with Crippen LogP contribution in [0.5, 0.6) is 0 Å². The molecule has 0 spiro atoms. The predicted molar refractivity (Wildman–Crippen MR) is 61.5 cm³/mol. The minimum atomic E-state index is 0.911. The average molecular weight is 214 g/mol. The van der Waals surface area contributed by atoms with Crippen molar-refractivity contribution in [2.45, 2.75) is 19.9 Å². The number of hydrogen-bond donors (Lipinski definition) is 1. The fraction of sp³-hybridized carbons (Fsp3) is 0.333. The molecule has 1 N–H and O–H groups in total. The van der Waals surface area contributed by atoms with Crippen molar-refractivity contribution < 1.29 is 0 Å². The van der Waals surface area contributed by atoms with Gasteiger partial charge in [-0.05, 0) is 19.1 Å². The van der Waals surface area contributed by atoms with Crippen molar-refractivity contribution in [1.29, 1.82) is 0 Å². The van der Waals surface area contributed by atoms with Crippen LogP contribution < -0.4 is 5.32 Å². The summed E-state index contributed by atoms with van der Waals surface area (Å²) in [7, 11) is 0. The molecule has 0 radical (unpaired) electrons. The van der Waals surface area contributed by atoms with Gasteiger partial charge in [0, 0.05) is 31.3 Å². The predicted octanol–water partition coefficient (Wildman–Crippen LogP) is 1.22. The van der Waals surface area contributed by atoms with Crippen LogP contribution in [0.1, 0.15) is 17.0 Å². The zero-order chi connectivity index (χ0) is 11.0. The minimum Gasteiger partial charge on any atom is -0.312 e. The molecule has 3 heterocycles. The maximum Gasteiger partial charge on any atom is 0.153 e. The standard InChI is InChI=1S/C12H14N4/c1-9-10-8-13-7-5-11(10)16(15-9)12-4-2-3-6-14-12/h2-4,6,13H,5,7-8H2,1H3. The van der Waals surface area contributed by atoms with Crippen molar-refractivity contribution in [3.05, 3.63) is 41.3 Å². The highest BCUT2D eigenvalue weighted by molar-refractivity contribution is 5.34. The van der Waals surface area contributed by atoms with Crippen LogP contribution in [0.4, 0.5) is 0 Å². The van der Waals surface area contributed by atoms with E-state index in [-0.39, 0.29) is 0 Å². The lowest BCUT2D eigenvalue weighted by Gasteiger charge is -2.14. The van der Waals surface area contributed by atoms with Crippen LogP contribution in [-0.4, -0.2) is 21.3 Å². The molecule has 0 bridgehead atoms. The van der Waals surface area contributed by atoms with Gasteiger partial charge < -0.3 is 5.32 Å². The van der Waals surface area contributed by atoms with Crippen molar-refractivity contribution in [3.63, 3.8) is 0 Å². The zero-order valence-corrected chi connectivity index (χ0v) is 9.27. The summed E-state index contributed by atoms with van der Waals surface area (Å²) in [6, 6.07) is 5.91. The number of nitrogens with zero attached hydrogens (tertiary/aromatic N) is 3. The molecule has 0 atom stereocenters. The van der Waals surface area contributed by atoms with Crippen molar-refractivity contribution >= 4 is 0 Å². The Balaban J connectivity index is 2.15. The Labute approximate surface area is 94.3 Å². The number of pyridine rings is 1. The topological polar surface area (TPSA) is 42.7 Å². The Morgan fingerprint density at radius 1 is 1.38 bits per heavy atom. The van der Waals surface area contributed by atoms with Gasteiger partial charge in [-0.2, -0.15) is 5.10 Å². The van der Waals surface area contributed by atoms with Crippen LogP contribution >= 0.6 is 0 Å². The summed E-state index contributed by atoms with van der Waals surface area (Å²) in [6.45, 7) is 4.00. The van der Waals surface area contributed by atoms with Gasteiger partial charge in [0.2, 0.25) is 0 Å². The summed E-state index contributed by atoms with van der Waals surface area (Å²) in [4.78, 5) is 4.35. The maximum absolute atomic E-state index is 4.58. The molecule has 1 aliphatic rings. The van der Waals surface area contributed by atoms with Crippen molar-refractivity contribution in [1.82, 2.24) is 20.1 Å². The van der Waals surface area contributed by atoms with Crippen molar-refractivity contribution in [2.24, 2.45) is 0 Å². The van der Waals surface area contributed by atoms with Crippen LogP contribution in [0.25, 0.3) is 5.82 Å². The minimum absolute atomic E-state index is 0.911. The third-order valence-electron chi connectivity index (χ3n) is 3.00. The summed E-state index contributed by atoms with van der Waals surface area (Å²) in [5, 5.41) is 7.95. The van der Waals surface area contributed by atoms with Gasteiger partial charge in [-0.15, -0.1) is 0 Å². The van der Waals surface area contributed by atoms with Gasteiger partial charge in [0.1, 0.15) is 0 Å². The molecule has 0 aromatic carbocycles. The Bertz CT molecular complexity index is 501. The van der Waals surface area contributed by atoms with Gasteiger partial charge in [-0.1, -0.05) is 6.07 Å². The summed E-state index contributed by atoms with van der Waals surface area (Å²) in [5.41, 5.74) is 3.74. The third kappa shape index (κ3) is 1.42. The van der Waals surface area contributed by atoms with E-state index in [1.807, 2.05) is 22.9 Å². The van der Waals surface area contributed by atoms with Crippen LogP contribution in [0.15, 0.2) is 24.4 Å². The fourth-order valence-electron chi connectivity index (χ4n) is 2.18. The first kappa shape index (κ1) is 9.54. The monoisotopic (exact) mass is 214 g/mol. The Morgan fingerprint density at radius 2 is 2.31 bits per heavy atom. The number of rotatable bonds is 1. The van der Waals surface area contributed by atoms with E-state index in [9.17, 15) is 0 Å². The quantitative estimate of drug-likeness (QED) is 0.776. The average Bonchev–Trinajstić information content (AvgIpc) is 2.69. The molecule has 1 aliphatic heterocycles. The first-order valence-corrected chi connectivity index (χ1v) is 5.56. The molecule has 0 aliphatic carbocycles. The molecule has 2 aromatic heterocycles. The van der Waals surface area contributed by atoms with Crippen LogP contribution in [0, 0.1) is 6.92 Å². The third-order valence-corrected chi connectivity index (χ3v) is 3.00. The summed E-state index contributed by atoms with van der Waals surface area (Å²) in [5.74, 6) is 0.911. The smallest absolute Gasteiger partial charge is 0.153 e. The van der Waals surface area contributed by atoms with Crippen molar-refractivity contribution in [3.8, 4) is 5.82 Å². The largest absolute Gasteiger partial charge is 0.312 e. The molecule has 4 heteroatoms. The first-order chi connectivity index (χ1) is 7.86. The molecule has 3 rings (SSSR count). The lowest BCUT2D eigenvalue weighted by atomic mass is 10.1. The van der Waals surface area contributed by atoms with E-state index in [0.717, 1.165) is 31.0 Å². The second-order valence-corrected chi connectivity index (χ2v) is 4.04. The molecule has 4 nitrogen and oxygen atoms in total. The second kappa shape index (κ2) is 3.72. The van der Waals surface area contributed by atoms with Gasteiger partial charge in [0.25, 0.3) is 0 Å². The summed E-state index contributed by atoms with van der Waals surface area (Å²) in [6.07, 6.45) is 2.83. The van der Waals surface area contributed by atoms with Gasteiger partial charge in [0.15, 0.2) is 5.82 Å². The lowest BCUT2D eigenvalue weighted by molar-refractivity contribution is 0.620. The first-order valence-electron chi connectivity index (χ1n) is 5.56. The van der Waals surface area contributed by atoms with Gasteiger partial charge in [-0.3, -0.25) is 0 Å². The second-order valence-electron chi connectivity index (χ2n) is 4.04.